The molecule has 8 nitrogen and oxygen atoms in total. The lowest BCUT2D eigenvalue weighted by atomic mass is 10.1. The molecule has 0 aliphatic rings. The molecule has 3 aromatic carbocycles. The van der Waals surface area contributed by atoms with Crippen molar-refractivity contribution in [1.29, 1.82) is 0 Å². The molecule has 1 aromatic heterocycles. The number of amides is 1. The second kappa shape index (κ2) is 10.6. The molecular weight excluding hydrogens is 490 g/mol. The summed E-state index contributed by atoms with van der Waals surface area (Å²) in [6.07, 6.45) is 0. The molecule has 0 unspecified atom stereocenters. The molecule has 35 heavy (non-hydrogen) atoms. The molecule has 182 valence electrons. The largest absolute Gasteiger partial charge is 0.497 e. The van der Waals surface area contributed by atoms with Gasteiger partial charge >= 0.3 is 0 Å². The third kappa shape index (κ3) is 5.16. The van der Waals surface area contributed by atoms with Crippen LogP contribution in [-0.2, 0) is 9.84 Å². The first-order valence-corrected chi connectivity index (χ1v) is 11.9. The van der Waals surface area contributed by atoms with Gasteiger partial charge in [-0.05, 0) is 49.4 Å². The highest BCUT2D eigenvalue weighted by Crippen LogP contribution is 2.36. The maximum Gasteiger partial charge on any atom is 0.253 e. The quantitative estimate of drug-likeness (QED) is 0.349. The predicted molar refractivity (Wildman–Crippen MR) is 137 cm³/mol. The molecule has 0 radical (unpaired) electrons. The Bertz CT molecular complexity index is 1470. The van der Waals surface area contributed by atoms with Crippen molar-refractivity contribution in [3.8, 4) is 11.5 Å². The molecule has 0 spiro atoms. The Morgan fingerprint density at radius 3 is 2.37 bits per heavy atom. The van der Waals surface area contributed by atoms with Crippen molar-refractivity contribution >= 4 is 50.6 Å². The number of methoxy groups -OCH3 is 1. The maximum atomic E-state index is 13.8. The van der Waals surface area contributed by atoms with Crippen molar-refractivity contribution < 1.29 is 22.7 Å². The minimum Gasteiger partial charge on any atom is -0.497 e. The van der Waals surface area contributed by atoms with E-state index in [1.54, 1.807) is 60.7 Å². The Morgan fingerprint density at radius 1 is 1.00 bits per heavy atom. The fraction of sp³-hybridized carbons (Fsp3) is 0.120. The van der Waals surface area contributed by atoms with Gasteiger partial charge in [-0.1, -0.05) is 24.3 Å². The Labute approximate surface area is 209 Å². The SMILES string of the molecule is CCOc1ccc(S(=O)(=O)c2c(C(N)=O)c(Nc3cccc(OC)c3)nc3ccccc23)cc1.Cl. The molecule has 1 amide bonds. The zero-order valence-corrected chi connectivity index (χ0v) is 20.7. The molecule has 0 atom stereocenters. The summed E-state index contributed by atoms with van der Waals surface area (Å²) >= 11 is 0. The number of primary amides is 1. The van der Waals surface area contributed by atoms with Gasteiger partial charge in [-0.25, -0.2) is 13.4 Å². The van der Waals surface area contributed by atoms with Crippen molar-refractivity contribution in [2.75, 3.05) is 19.0 Å². The summed E-state index contributed by atoms with van der Waals surface area (Å²) < 4.78 is 38.3. The summed E-state index contributed by atoms with van der Waals surface area (Å²) in [6.45, 7) is 2.29. The van der Waals surface area contributed by atoms with E-state index in [2.05, 4.69) is 10.3 Å². The van der Waals surface area contributed by atoms with Crippen LogP contribution in [0.25, 0.3) is 10.9 Å². The Hall–Kier alpha value is -3.82. The first kappa shape index (κ1) is 25.8. The molecule has 0 saturated carbocycles. The molecule has 0 saturated heterocycles. The van der Waals surface area contributed by atoms with Crippen LogP contribution in [-0.4, -0.2) is 33.0 Å². The number of pyridine rings is 1. The van der Waals surface area contributed by atoms with E-state index in [0.717, 1.165) is 0 Å². The second-order valence-electron chi connectivity index (χ2n) is 7.31. The monoisotopic (exact) mass is 513 g/mol. The van der Waals surface area contributed by atoms with Gasteiger partial charge in [0.15, 0.2) is 0 Å². The summed E-state index contributed by atoms with van der Waals surface area (Å²) in [7, 11) is -2.63. The van der Waals surface area contributed by atoms with Gasteiger partial charge < -0.3 is 20.5 Å². The van der Waals surface area contributed by atoms with Gasteiger partial charge in [0, 0.05) is 17.1 Å². The number of hydrogen-bond donors (Lipinski definition) is 2. The number of hydrogen-bond acceptors (Lipinski definition) is 7. The summed E-state index contributed by atoms with van der Waals surface area (Å²) in [4.78, 5) is 17.0. The van der Waals surface area contributed by atoms with Gasteiger partial charge in [-0.2, -0.15) is 0 Å². The van der Waals surface area contributed by atoms with Crippen molar-refractivity contribution in [2.45, 2.75) is 16.7 Å². The summed E-state index contributed by atoms with van der Waals surface area (Å²) in [5.74, 6) is 0.224. The lowest BCUT2D eigenvalue weighted by Crippen LogP contribution is -2.20. The van der Waals surface area contributed by atoms with E-state index in [-0.39, 0.29) is 33.6 Å². The van der Waals surface area contributed by atoms with E-state index >= 15 is 0 Å². The highest BCUT2D eigenvalue weighted by molar-refractivity contribution is 7.91. The van der Waals surface area contributed by atoms with Crippen LogP contribution in [0.3, 0.4) is 0 Å². The molecule has 1 heterocycles. The molecule has 3 N–H and O–H groups in total. The van der Waals surface area contributed by atoms with E-state index in [4.69, 9.17) is 15.2 Å². The van der Waals surface area contributed by atoms with Crippen LogP contribution in [0.15, 0.2) is 82.6 Å². The van der Waals surface area contributed by atoms with Gasteiger partial charge in [-0.3, -0.25) is 4.79 Å². The van der Waals surface area contributed by atoms with Gasteiger partial charge in [0.2, 0.25) is 9.84 Å². The number of sulfone groups is 1. The lowest BCUT2D eigenvalue weighted by molar-refractivity contribution is 0.0998. The first-order valence-electron chi connectivity index (χ1n) is 10.5. The zero-order chi connectivity index (χ0) is 24.3. The van der Waals surface area contributed by atoms with Crippen LogP contribution in [0.4, 0.5) is 11.5 Å². The van der Waals surface area contributed by atoms with Crippen molar-refractivity contribution in [3.63, 3.8) is 0 Å². The number of nitrogens with one attached hydrogen (secondary N) is 1. The highest BCUT2D eigenvalue weighted by Gasteiger charge is 2.30. The Kier molecular flexibility index (Phi) is 7.83. The Balaban J connectivity index is 0.00000342. The van der Waals surface area contributed by atoms with E-state index in [1.807, 2.05) is 6.92 Å². The number of rotatable bonds is 8. The molecule has 0 fully saturated rings. The number of halogens is 1. The fourth-order valence-corrected chi connectivity index (χ4v) is 5.28. The molecule has 0 aliphatic heterocycles. The highest BCUT2D eigenvalue weighted by atomic mass is 35.5. The molecule has 4 aromatic rings. The topological polar surface area (TPSA) is 121 Å². The number of nitrogens with zero attached hydrogens (tertiary/aromatic N) is 1. The number of nitrogens with two attached hydrogens (primary N) is 1. The Morgan fingerprint density at radius 2 is 1.71 bits per heavy atom. The average molecular weight is 514 g/mol. The number of fused-ring (bicyclic) bond motifs is 1. The van der Waals surface area contributed by atoms with Crippen molar-refractivity contribution in [2.24, 2.45) is 5.73 Å². The van der Waals surface area contributed by atoms with Crippen molar-refractivity contribution in [3.05, 3.63) is 78.4 Å². The first-order chi connectivity index (χ1) is 16.3. The number of benzene rings is 3. The molecule has 4 rings (SSSR count). The maximum absolute atomic E-state index is 13.8. The standard InChI is InChI=1S/C25H23N3O5S.ClH/c1-3-33-17-11-13-19(14-12-17)34(30,31)23-20-9-4-5-10-21(20)28-25(22(23)24(26)29)27-16-7-6-8-18(15-16)32-2;/h4-15H,3H2,1-2H3,(H2,26,29)(H,27,28);1H. The molecule has 0 aliphatic carbocycles. The number of carbonyl (C=O) groups is 1. The number of ether oxygens (including phenoxy) is 2. The predicted octanol–water partition coefficient (Wildman–Crippen LogP) is 4.74. The van der Waals surface area contributed by atoms with Crippen LogP contribution >= 0.6 is 12.4 Å². The van der Waals surface area contributed by atoms with E-state index in [0.29, 0.717) is 34.7 Å². The number of para-hydroxylation sites is 1. The van der Waals surface area contributed by atoms with Gasteiger partial charge in [0.1, 0.15) is 22.9 Å². The zero-order valence-electron chi connectivity index (χ0n) is 19.0. The molecule has 0 bridgehead atoms. The number of carbonyl (C=O) groups excluding carboxylic acids is 1. The van der Waals surface area contributed by atoms with Crippen LogP contribution in [0.1, 0.15) is 17.3 Å². The minimum absolute atomic E-state index is 0. The van der Waals surface area contributed by atoms with Gasteiger partial charge in [0.25, 0.3) is 5.91 Å². The average Bonchev–Trinajstić information content (AvgIpc) is 2.83. The molecular formula is C25H24ClN3O5S. The summed E-state index contributed by atoms with van der Waals surface area (Å²) in [6, 6.07) is 19.7. The van der Waals surface area contributed by atoms with E-state index < -0.39 is 15.7 Å². The third-order valence-corrected chi connectivity index (χ3v) is 6.99. The minimum atomic E-state index is -4.16. The molecule has 10 heteroatoms. The summed E-state index contributed by atoms with van der Waals surface area (Å²) in [5, 5.41) is 3.33. The van der Waals surface area contributed by atoms with Crippen LogP contribution in [0, 0.1) is 0 Å². The van der Waals surface area contributed by atoms with Crippen molar-refractivity contribution in [1.82, 2.24) is 4.98 Å². The normalized spacial score (nSPS) is 10.9. The van der Waals surface area contributed by atoms with Crippen LogP contribution in [0.2, 0.25) is 0 Å². The smallest absolute Gasteiger partial charge is 0.253 e. The van der Waals surface area contributed by atoms with Crippen LogP contribution in [0.5, 0.6) is 11.5 Å². The van der Waals surface area contributed by atoms with Gasteiger partial charge in [0.05, 0.1) is 29.0 Å². The van der Waals surface area contributed by atoms with E-state index in [9.17, 15) is 13.2 Å². The lowest BCUT2D eigenvalue weighted by Gasteiger charge is -2.17. The third-order valence-electron chi connectivity index (χ3n) is 5.14. The number of aromatic nitrogens is 1. The van der Waals surface area contributed by atoms with Crippen LogP contribution < -0.4 is 20.5 Å². The second-order valence-corrected chi connectivity index (χ2v) is 9.20. The fourth-order valence-electron chi connectivity index (χ4n) is 3.62. The summed E-state index contributed by atoms with van der Waals surface area (Å²) in [5.41, 5.74) is 6.44. The van der Waals surface area contributed by atoms with E-state index in [1.165, 1.54) is 19.2 Å². The number of anilines is 2. The van der Waals surface area contributed by atoms with Gasteiger partial charge in [-0.15, -0.1) is 12.4 Å².